The highest BCUT2D eigenvalue weighted by Gasteiger charge is 2.28. The van der Waals surface area contributed by atoms with Crippen molar-refractivity contribution in [3.8, 4) is 0 Å². The molecule has 1 atom stereocenters. The molecule has 0 amide bonds. The Hall–Kier alpha value is -0.780. The van der Waals surface area contributed by atoms with E-state index in [1.54, 1.807) is 13.1 Å². The lowest BCUT2D eigenvalue weighted by Gasteiger charge is -2.18. The van der Waals surface area contributed by atoms with Crippen molar-refractivity contribution in [2.24, 2.45) is 5.92 Å². The van der Waals surface area contributed by atoms with Crippen LogP contribution in [0.2, 0.25) is 5.02 Å². The molecule has 0 aliphatic heterocycles. The highest BCUT2D eigenvalue weighted by molar-refractivity contribution is 6.31. The summed E-state index contributed by atoms with van der Waals surface area (Å²) in [6, 6.07) is 7.31. The van der Waals surface area contributed by atoms with E-state index in [1.165, 1.54) is 0 Å². The standard InChI is InChI=1S/C13H17ClF3NO/c1-18-7-10(8-19-9-13(15,16)17)6-11-4-2-3-5-12(11)14/h2-5,10,18H,6-9H2,1H3. The molecule has 0 fully saturated rings. The van der Waals surface area contributed by atoms with Crippen molar-refractivity contribution in [3.63, 3.8) is 0 Å². The van der Waals surface area contributed by atoms with E-state index in [-0.39, 0.29) is 12.5 Å². The molecule has 1 aromatic carbocycles. The quantitative estimate of drug-likeness (QED) is 0.833. The maximum atomic E-state index is 12.0. The van der Waals surface area contributed by atoms with E-state index in [1.807, 2.05) is 18.2 Å². The van der Waals surface area contributed by atoms with Crippen LogP contribution in [0.5, 0.6) is 0 Å². The van der Waals surface area contributed by atoms with E-state index in [0.29, 0.717) is 18.0 Å². The summed E-state index contributed by atoms with van der Waals surface area (Å²) in [6.45, 7) is -0.593. The minimum absolute atomic E-state index is 0.0472. The number of rotatable bonds is 7. The van der Waals surface area contributed by atoms with Gasteiger partial charge in [0.2, 0.25) is 0 Å². The fourth-order valence-corrected chi connectivity index (χ4v) is 2.01. The van der Waals surface area contributed by atoms with E-state index in [2.05, 4.69) is 5.32 Å². The summed E-state index contributed by atoms with van der Waals surface area (Å²) in [4.78, 5) is 0. The van der Waals surface area contributed by atoms with Crippen LogP contribution in [0.1, 0.15) is 5.56 Å². The van der Waals surface area contributed by atoms with Crippen molar-refractivity contribution in [1.82, 2.24) is 5.32 Å². The third-order valence-electron chi connectivity index (χ3n) is 2.58. The molecule has 1 unspecified atom stereocenters. The molecule has 0 bridgehead atoms. The number of hydrogen-bond acceptors (Lipinski definition) is 2. The second-order valence-electron chi connectivity index (χ2n) is 4.35. The molecule has 0 saturated carbocycles. The predicted molar refractivity (Wildman–Crippen MR) is 69.4 cm³/mol. The van der Waals surface area contributed by atoms with Crippen molar-refractivity contribution < 1.29 is 17.9 Å². The van der Waals surface area contributed by atoms with Gasteiger partial charge in [0.05, 0.1) is 6.61 Å². The Balaban J connectivity index is 2.51. The second-order valence-corrected chi connectivity index (χ2v) is 4.76. The molecule has 0 aliphatic carbocycles. The Bertz CT molecular complexity index is 384. The van der Waals surface area contributed by atoms with Gasteiger partial charge in [-0.05, 0) is 31.0 Å². The largest absolute Gasteiger partial charge is 0.411 e. The van der Waals surface area contributed by atoms with Crippen molar-refractivity contribution in [1.29, 1.82) is 0 Å². The van der Waals surface area contributed by atoms with Crippen molar-refractivity contribution >= 4 is 11.6 Å². The van der Waals surface area contributed by atoms with Crippen LogP contribution in [0.25, 0.3) is 0 Å². The fourth-order valence-electron chi connectivity index (χ4n) is 1.79. The van der Waals surface area contributed by atoms with Gasteiger partial charge in [0.25, 0.3) is 0 Å². The minimum Gasteiger partial charge on any atom is -0.372 e. The topological polar surface area (TPSA) is 21.3 Å². The van der Waals surface area contributed by atoms with Gasteiger partial charge in [-0.2, -0.15) is 13.2 Å². The highest BCUT2D eigenvalue weighted by Crippen LogP contribution is 2.20. The SMILES string of the molecule is CNCC(COCC(F)(F)F)Cc1ccccc1Cl. The normalized spacial score (nSPS) is 13.5. The first-order chi connectivity index (χ1) is 8.92. The van der Waals surface area contributed by atoms with Crippen LogP contribution in [-0.4, -0.2) is 33.0 Å². The molecule has 108 valence electrons. The Morgan fingerprint density at radius 2 is 2.00 bits per heavy atom. The number of ether oxygens (including phenoxy) is 1. The third kappa shape index (κ3) is 6.80. The van der Waals surface area contributed by atoms with Gasteiger partial charge in [0, 0.05) is 11.6 Å². The van der Waals surface area contributed by atoms with Crippen LogP contribution in [0.3, 0.4) is 0 Å². The van der Waals surface area contributed by atoms with Gasteiger partial charge in [-0.3, -0.25) is 0 Å². The van der Waals surface area contributed by atoms with E-state index in [9.17, 15) is 13.2 Å². The molecule has 1 N–H and O–H groups in total. The van der Waals surface area contributed by atoms with Crippen molar-refractivity contribution in [2.75, 3.05) is 26.8 Å². The molecule has 1 rings (SSSR count). The van der Waals surface area contributed by atoms with Gasteiger partial charge >= 0.3 is 6.18 Å². The molecule has 0 spiro atoms. The average molecular weight is 296 g/mol. The first-order valence-electron chi connectivity index (χ1n) is 5.95. The van der Waals surface area contributed by atoms with Gasteiger partial charge in [-0.25, -0.2) is 0 Å². The Morgan fingerprint density at radius 3 is 2.58 bits per heavy atom. The van der Waals surface area contributed by atoms with Crippen LogP contribution in [0.4, 0.5) is 13.2 Å². The fraction of sp³-hybridized carbons (Fsp3) is 0.538. The van der Waals surface area contributed by atoms with Gasteiger partial charge in [0.1, 0.15) is 6.61 Å². The maximum Gasteiger partial charge on any atom is 0.411 e. The first kappa shape index (κ1) is 16.3. The highest BCUT2D eigenvalue weighted by atomic mass is 35.5. The summed E-state index contributed by atoms with van der Waals surface area (Å²) in [5, 5.41) is 3.58. The summed E-state index contributed by atoms with van der Waals surface area (Å²) in [5.41, 5.74) is 0.917. The lowest BCUT2D eigenvalue weighted by Crippen LogP contribution is -2.27. The summed E-state index contributed by atoms with van der Waals surface area (Å²) < 4.78 is 40.8. The van der Waals surface area contributed by atoms with Gasteiger partial charge in [-0.15, -0.1) is 0 Å². The number of hydrogen-bond donors (Lipinski definition) is 1. The molecule has 0 aromatic heterocycles. The molecular formula is C13H17ClF3NO. The molecule has 0 saturated heterocycles. The minimum atomic E-state index is -4.28. The van der Waals surface area contributed by atoms with E-state index >= 15 is 0 Å². The van der Waals surface area contributed by atoms with Crippen molar-refractivity contribution in [2.45, 2.75) is 12.6 Å². The predicted octanol–water partition coefficient (Wildman–Crippen LogP) is 3.30. The van der Waals surface area contributed by atoms with Gasteiger partial charge in [-0.1, -0.05) is 29.8 Å². The lowest BCUT2D eigenvalue weighted by molar-refractivity contribution is -0.176. The zero-order valence-corrected chi connectivity index (χ0v) is 11.4. The zero-order valence-electron chi connectivity index (χ0n) is 10.6. The van der Waals surface area contributed by atoms with Crippen molar-refractivity contribution in [3.05, 3.63) is 34.9 Å². The number of halogens is 4. The summed E-state index contributed by atoms with van der Waals surface area (Å²) >= 11 is 6.03. The molecule has 2 nitrogen and oxygen atoms in total. The Morgan fingerprint density at radius 1 is 1.32 bits per heavy atom. The summed E-state index contributed by atoms with van der Waals surface area (Å²) in [5.74, 6) is -0.0488. The summed E-state index contributed by atoms with van der Waals surface area (Å²) in [7, 11) is 1.75. The average Bonchev–Trinajstić information content (AvgIpc) is 2.30. The monoisotopic (exact) mass is 295 g/mol. The van der Waals surface area contributed by atoms with E-state index in [4.69, 9.17) is 16.3 Å². The number of alkyl halides is 3. The smallest absolute Gasteiger partial charge is 0.372 e. The Labute approximate surface area is 115 Å². The third-order valence-corrected chi connectivity index (χ3v) is 2.95. The van der Waals surface area contributed by atoms with Crippen LogP contribution in [0.15, 0.2) is 24.3 Å². The molecule has 6 heteroatoms. The van der Waals surface area contributed by atoms with Crippen LogP contribution in [-0.2, 0) is 11.2 Å². The molecule has 0 radical (unpaired) electrons. The van der Waals surface area contributed by atoms with Gasteiger partial charge < -0.3 is 10.1 Å². The lowest BCUT2D eigenvalue weighted by atomic mass is 10.00. The zero-order chi connectivity index (χ0) is 14.3. The Kier molecular flexibility index (Phi) is 6.62. The molecule has 0 heterocycles. The molecular weight excluding hydrogens is 279 g/mol. The second kappa shape index (κ2) is 7.72. The van der Waals surface area contributed by atoms with E-state index in [0.717, 1.165) is 5.56 Å². The first-order valence-corrected chi connectivity index (χ1v) is 6.32. The van der Waals surface area contributed by atoms with E-state index < -0.39 is 12.8 Å². The molecule has 1 aromatic rings. The summed E-state index contributed by atoms with van der Waals surface area (Å²) in [6.07, 6.45) is -3.70. The molecule has 0 aliphatic rings. The van der Waals surface area contributed by atoms with Crippen LogP contribution in [0, 0.1) is 5.92 Å². The van der Waals surface area contributed by atoms with Crippen LogP contribution >= 0.6 is 11.6 Å². The number of nitrogens with one attached hydrogen (secondary N) is 1. The van der Waals surface area contributed by atoms with Crippen LogP contribution < -0.4 is 5.32 Å². The maximum absolute atomic E-state index is 12.0. The van der Waals surface area contributed by atoms with Gasteiger partial charge in [0.15, 0.2) is 0 Å². The molecule has 19 heavy (non-hydrogen) atoms. The number of benzene rings is 1.